The molecule has 3 heterocycles. The first-order chi connectivity index (χ1) is 17.2. The predicted molar refractivity (Wildman–Crippen MR) is 149 cm³/mol. The summed E-state index contributed by atoms with van der Waals surface area (Å²) in [6.07, 6.45) is 2.93. The van der Waals surface area contributed by atoms with Gasteiger partial charge in [0.15, 0.2) is 9.84 Å². The molecule has 2 aliphatic heterocycles. The fraction of sp³-hybridized carbons (Fsp3) is 0.400. The molecule has 0 bridgehead atoms. The van der Waals surface area contributed by atoms with Gasteiger partial charge < -0.3 is 9.64 Å². The van der Waals surface area contributed by atoms with Crippen molar-refractivity contribution < 1.29 is 22.7 Å². The van der Waals surface area contributed by atoms with Crippen LogP contribution in [-0.2, 0) is 26.0 Å². The third kappa shape index (κ3) is 6.37. The van der Waals surface area contributed by atoms with Gasteiger partial charge in [0.05, 0.1) is 30.1 Å². The van der Waals surface area contributed by atoms with Gasteiger partial charge in [-0.15, -0.1) is 11.3 Å². The number of hydrogen-bond acceptors (Lipinski definition) is 8. The van der Waals surface area contributed by atoms with E-state index in [1.165, 1.54) is 16.7 Å². The summed E-state index contributed by atoms with van der Waals surface area (Å²) in [7, 11) is -1.52. The largest absolute Gasteiger partial charge is 0.497 e. The number of amides is 2. The molecule has 36 heavy (non-hydrogen) atoms. The van der Waals surface area contributed by atoms with Gasteiger partial charge in [0.1, 0.15) is 10.1 Å². The lowest BCUT2D eigenvalue weighted by atomic mass is 10.1. The molecule has 0 saturated carbocycles. The molecule has 1 atom stereocenters. The minimum Gasteiger partial charge on any atom is -0.497 e. The van der Waals surface area contributed by atoms with Crippen LogP contribution in [0.25, 0.3) is 6.08 Å². The van der Waals surface area contributed by atoms with E-state index in [4.69, 9.17) is 17.0 Å². The number of ether oxygens (including phenoxy) is 1. The second kappa shape index (κ2) is 11.5. The van der Waals surface area contributed by atoms with Gasteiger partial charge in [0.2, 0.25) is 5.91 Å². The number of aryl methyl sites for hydroxylation is 1. The molecule has 0 spiro atoms. The van der Waals surface area contributed by atoms with Crippen molar-refractivity contribution in [3.63, 3.8) is 0 Å². The van der Waals surface area contributed by atoms with Crippen molar-refractivity contribution in [1.82, 2.24) is 9.80 Å². The maximum absolute atomic E-state index is 13.2. The van der Waals surface area contributed by atoms with Crippen LogP contribution in [0.4, 0.5) is 0 Å². The summed E-state index contributed by atoms with van der Waals surface area (Å²) in [6.45, 7) is 2.74. The number of thiocarbonyl (C=S) groups is 1. The zero-order chi connectivity index (χ0) is 25.9. The number of carbonyl (C=O) groups excluding carboxylic acids is 2. The van der Waals surface area contributed by atoms with Crippen molar-refractivity contribution in [1.29, 1.82) is 0 Å². The number of thioether (sulfide) groups is 1. The molecule has 1 unspecified atom stereocenters. The quantitative estimate of drug-likeness (QED) is 0.332. The molecular weight excluding hydrogens is 537 g/mol. The molecule has 1 aromatic heterocycles. The van der Waals surface area contributed by atoms with Crippen LogP contribution in [0.2, 0.25) is 0 Å². The van der Waals surface area contributed by atoms with Crippen molar-refractivity contribution in [3.05, 3.63) is 56.6 Å². The summed E-state index contributed by atoms with van der Waals surface area (Å²) in [4.78, 5) is 31.1. The second-order valence-corrected chi connectivity index (χ2v) is 13.7. The van der Waals surface area contributed by atoms with Gasteiger partial charge in [-0.05, 0) is 60.5 Å². The van der Waals surface area contributed by atoms with Crippen LogP contribution in [0, 0.1) is 6.92 Å². The first-order valence-electron chi connectivity index (χ1n) is 11.6. The monoisotopic (exact) mass is 564 g/mol. The van der Waals surface area contributed by atoms with Gasteiger partial charge in [-0.3, -0.25) is 14.5 Å². The predicted octanol–water partition coefficient (Wildman–Crippen LogP) is 4.26. The molecule has 1 aromatic carbocycles. The van der Waals surface area contributed by atoms with Crippen molar-refractivity contribution in [3.8, 4) is 5.75 Å². The van der Waals surface area contributed by atoms with E-state index in [-0.39, 0.29) is 35.8 Å². The fourth-order valence-corrected chi connectivity index (χ4v) is 8.18. The second-order valence-electron chi connectivity index (χ2n) is 8.82. The first kappa shape index (κ1) is 26.8. The van der Waals surface area contributed by atoms with Crippen LogP contribution in [0.1, 0.15) is 35.3 Å². The Kier molecular flexibility index (Phi) is 8.54. The number of thiophene rings is 1. The number of nitrogens with zero attached hydrogens (tertiary/aromatic N) is 2. The van der Waals surface area contributed by atoms with Gasteiger partial charge in [-0.2, -0.15) is 0 Å². The number of sulfone groups is 1. The highest BCUT2D eigenvalue weighted by atomic mass is 32.2. The number of methoxy groups -OCH3 is 1. The zero-order valence-electron chi connectivity index (χ0n) is 20.1. The minimum atomic E-state index is -3.12. The lowest BCUT2D eigenvalue weighted by molar-refractivity contribution is -0.134. The van der Waals surface area contributed by atoms with Crippen molar-refractivity contribution in [2.75, 3.05) is 25.2 Å². The van der Waals surface area contributed by atoms with Crippen LogP contribution in [0.5, 0.6) is 5.75 Å². The maximum atomic E-state index is 13.2. The fourth-order valence-electron chi connectivity index (χ4n) is 4.24. The van der Waals surface area contributed by atoms with Crippen LogP contribution < -0.4 is 4.74 Å². The maximum Gasteiger partial charge on any atom is 0.266 e. The average Bonchev–Trinajstić information content (AvgIpc) is 3.50. The summed E-state index contributed by atoms with van der Waals surface area (Å²) >= 11 is 8.26. The van der Waals surface area contributed by atoms with E-state index < -0.39 is 9.84 Å². The lowest BCUT2D eigenvalue weighted by Crippen LogP contribution is -2.41. The van der Waals surface area contributed by atoms with Crippen molar-refractivity contribution in [2.24, 2.45) is 0 Å². The van der Waals surface area contributed by atoms with E-state index in [0.717, 1.165) is 21.8 Å². The highest BCUT2D eigenvalue weighted by Crippen LogP contribution is 2.33. The smallest absolute Gasteiger partial charge is 0.266 e. The van der Waals surface area contributed by atoms with Gasteiger partial charge in [-0.25, -0.2) is 8.42 Å². The van der Waals surface area contributed by atoms with Crippen LogP contribution in [0.3, 0.4) is 0 Å². The number of rotatable bonds is 9. The zero-order valence-corrected chi connectivity index (χ0v) is 23.4. The van der Waals surface area contributed by atoms with Crippen LogP contribution >= 0.6 is 35.3 Å². The molecular formula is C25H28N2O5S4. The SMILES string of the molecule is COc1ccc(/C=C2\SC(=S)N(CCCC(=O)N(Cc3sccc3C)C3CCS(=O)(=O)C3)C2=O)cc1. The molecule has 0 radical (unpaired) electrons. The molecule has 2 saturated heterocycles. The molecule has 2 amide bonds. The number of benzene rings is 1. The topological polar surface area (TPSA) is 84.0 Å². The van der Waals surface area contributed by atoms with E-state index in [2.05, 4.69) is 0 Å². The van der Waals surface area contributed by atoms with Crippen LogP contribution in [0.15, 0.2) is 40.6 Å². The summed E-state index contributed by atoms with van der Waals surface area (Å²) in [6, 6.07) is 9.10. The standard InChI is InChI=1S/C25H28N2O5S4/c1-17-9-12-34-22(17)15-27(19-10-13-36(30,31)16-19)23(28)4-3-11-26-24(29)21(35-25(26)33)14-18-5-7-20(32-2)8-6-18/h5-9,12,14,19H,3-4,10-11,13,15-16H2,1-2H3/b21-14-. The van der Waals surface area contributed by atoms with Gasteiger partial charge in [0.25, 0.3) is 5.91 Å². The molecule has 11 heteroatoms. The van der Waals surface area contributed by atoms with E-state index in [1.807, 2.05) is 42.6 Å². The Hall–Kier alpha value is -2.21. The summed E-state index contributed by atoms with van der Waals surface area (Å²) in [5, 5.41) is 1.98. The molecule has 7 nitrogen and oxygen atoms in total. The van der Waals surface area contributed by atoms with Gasteiger partial charge in [0, 0.05) is 23.9 Å². The lowest BCUT2D eigenvalue weighted by Gasteiger charge is -2.28. The molecule has 4 rings (SSSR count). The highest BCUT2D eigenvalue weighted by molar-refractivity contribution is 8.26. The average molecular weight is 565 g/mol. The first-order valence-corrected chi connectivity index (χ1v) is 15.5. The molecule has 0 N–H and O–H groups in total. The summed E-state index contributed by atoms with van der Waals surface area (Å²) in [5.41, 5.74) is 1.97. The Morgan fingerprint density at radius 1 is 1.28 bits per heavy atom. The Bertz CT molecular complexity index is 1280. The summed E-state index contributed by atoms with van der Waals surface area (Å²) in [5.74, 6) is 0.601. The van der Waals surface area contributed by atoms with Gasteiger partial charge in [-0.1, -0.05) is 36.1 Å². The molecule has 2 aliphatic rings. The molecule has 192 valence electrons. The molecule has 0 aliphatic carbocycles. The number of hydrogen-bond donors (Lipinski definition) is 0. The number of carbonyl (C=O) groups is 2. The van der Waals surface area contributed by atoms with Crippen molar-refractivity contribution in [2.45, 2.75) is 38.8 Å². The van der Waals surface area contributed by atoms with E-state index in [1.54, 1.807) is 29.4 Å². The van der Waals surface area contributed by atoms with E-state index >= 15 is 0 Å². The summed E-state index contributed by atoms with van der Waals surface area (Å²) < 4.78 is 29.8. The van der Waals surface area contributed by atoms with E-state index in [9.17, 15) is 18.0 Å². The minimum absolute atomic E-state index is 0.00795. The van der Waals surface area contributed by atoms with E-state index in [0.29, 0.717) is 35.2 Å². The van der Waals surface area contributed by atoms with Crippen LogP contribution in [-0.4, -0.2) is 65.6 Å². The van der Waals surface area contributed by atoms with Gasteiger partial charge >= 0.3 is 0 Å². The van der Waals surface area contributed by atoms with Crippen molar-refractivity contribution >= 4 is 67.4 Å². The Morgan fingerprint density at radius 3 is 2.64 bits per heavy atom. The normalized spacial score (nSPS) is 20.3. The molecule has 2 fully saturated rings. The third-order valence-electron chi connectivity index (χ3n) is 6.31. The molecule has 2 aromatic rings. The Balaban J connectivity index is 1.38. The highest BCUT2D eigenvalue weighted by Gasteiger charge is 2.35. The third-order valence-corrected chi connectivity index (χ3v) is 10.4. The Labute approximate surface area is 225 Å². The Morgan fingerprint density at radius 2 is 2.03 bits per heavy atom.